The van der Waals surface area contributed by atoms with E-state index in [0.717, 1.165) is 17.5 Å². The average molecular weight is 332 g/mol. The first kappa shape index (κ1) is 19.2. The Bertz CT molecular complexity index is 537. The van der Waals surface area contributed by atoms with Gasteiger partial charge in [-0.1, -0.05) is 60.7 Å². The number of carboxylic acid groups (broad SMARTS) is 1. The van der Waals surface area contributed by atoms with Gasteiger partial charge in [0.1, 0.15) is 0 Å². The minimum Gasteiger partial charge on any atom is -0.480 e. The van der Waals surface area contributed by atoms with E-state index < -0.39 is 10.7 Å². The highest BCUT2D eigenvalue weighted by atomic mass is 32.2. The van der Waals surface area contributed by atoms with Crippen LogP contribution in [0.4, 0.5) is 0 Å². The van der Waals surface area contributed by atoms with E-state index in [4.69, 9.17) is 5.73 Å². The number of hydrogen-bond acceptors (Lipinski definition) is 4. The van der Waals surface area contributed by atoms with E-state index in [1.54, 1.807) is 0 Å². The average Bonchev–Trinajstić information content (AvgIpc) is 2.62. The normalized spacial score (nSPS) is 10.6. The summed E-state index contributed by atoms with van der Waals surface area (Å²) in [7, 11) is 1.50. The van der Waals surface area contributed by atoms with E-state index in [2.05, 4.69) is 5.73 Å². The van der Waals surface area contributed by atoms with Gasteiger partial charge in [0, 0.05) is 0 Å². The molecule has 0 radical (unpaired) electrons. The van der Waals surface area contributed by atoms with Crippen LogP contribution in [-0.2, 0) is 9.54 Å². The number of rotatable bonds is 7. The first-order valence-electron chi connectivity index (χ1n) is 7.48. The monoisotopic (exact) mass is 332 g/mol. The quantitative estimate of drug-likeness (QED) is 0.678. The maximum absolute atomic E-state index is 12.2. The molecule has 0 fully saturated rings. The maximum atomic E-state index is 12.2. The molecule has 5 heteroatoms. The van der Waals surface area contributed by atoms with E-state index >= 15 is 0 Å². The molecule has 2 aromatic carbocycles. The van der Waals surface area contributed by atoms with Gasteiger partial charge < -0.3 is 16.6 Å². The van der Waals surface area contributed by atoms with Crippen LogP contribution in [0, 0.1) is 0 Å². The van der Waals surface area contributed by atoms with E-state index in [-0.39, 0.29) is 0 Å². The van der Waals surface area contributed by atoms with Crippen LogP contribution in [0.1, 0.15) is 17.5 Å². The number of benzene rings is 2. The third-order valence-corrected chi connectivity index (χ3v) is 4.90. The zero-order valence-electron chi connectivity index (χ0n) is 13.3. The number of carboxylic acids is 1. The minimum atomic E-state index is -1.09. The third-order valence-electron chi connectivity index (χ3n) is 3.33. The number of hydrogen-bond donors (Lipinski definition) is 3. The Balaban J connectivity index is 0.00000127. The third kappa shape index (κ3) is 4.58. The van der Waals surface area contributed by atoms with Crippen LogP contribution in [-0.4, -0.2) is 30.4 Å². The van der Waals surface area contributed by atoms with Crippen LogP contribution in [0.2, 0.25) is 0 Å². The fraction of sp³-hybridized carbons (Fsp3) is 0.278. The van der Waals surface area contributed by atoms with Crippen molar-refractivity contribution in [1.29, 1.82) is 0 Å². The molecule has 124 valence electrons. The first-order valence-corrected chi connectivity index (χ1v) is 8.46. The molecule has 5 N–H and O–H groups in total. The molecule has 0 bridgehead atoms. The summed E-state index contributed by atoms with van der Waals surface area (Å²) in [5.74, 6) is -0.144. The second kappa shape index (κ2) is 10.0. The second-order valence-corrected chi connectivity index (χ2v) is 6.02. The Morgan fingerprint density at radius 1 is 1.00 bits per heavy atom. The van der Waals surface area contributed by atoms with Gasteiger partial charge in [-0.05, 0) is 36.9 Å². The second-order valence-electron chi connectivity index (χ2n) is 4.71. The molecule has 2 aromatic rings. The van der Waals surface area contributed by atoms with E-state index in [9.17, 15) is 9.90 Å². The molecule has 0 aliphatic heterocycles. The lowest BCUT2D eigenvalue weighted by Gasteiger charge is -2.30. The summed E-state index contributed by atoms with van der Waals surface area (Å²) >= 11 is 1.43. The zero-order chi connectivity index (χ0) is 17.1. The lowest BCUT2D eigenvalue weighted by atomic mass is 9.90. The fourth-order valence-corrected chi connectivity index (χ4v) is 3.64. The Labute approximate surface area is 141 Å². The van der Waals surface area contributed by atoms with Crippen molar-refractivity contribution in [2.75, 3.05) is 19.3 Å². The molecule has 0 aromatic heterocycles. The molecule has 0 spiro atoms. The van der Waals surface area contributed by atoms with Crippen LogP contribution in [0.3, 0.4) is 0 Å². The molecular formula is C18H24N2O2S. The minimum absolute atomic E-state index is 0.562. The predicted molar refractivity (Wildman–Crippen MR) is 97.5 cm³/mol. The van der Waals surface area contributed by atoms with Gasteiger partial charge in [0.05, 0.1) is 0 Å². The van der Waals surface area contributed by atoms with E-state index in [1.165, 1.54) is 18.8 Å². The summed E-state index contributed by atoms with van der Waals surface area (Å²) in [6.07, 6.45) is 0.791. The molecule has 23 heavy (non-hydrogen) atoms. The molecular weight excluding hydrogens is 308 g/mol. The number of thioether (sulfide) groups is 1. The Kier molecular flexibility index (Phi) is 8.40. The topological polar surface area (TPSA) is 89.3 Å². The van der Waals surface area contributed by atoms with Crippen molar-refractivity contribution in [3.63, 3.8) is 0 Å². The van der Waals surface area contributed by atoms with Gasteiger partial charge >= 0.3 is 5.97 Å². The lowest BCUT2D eigenvalue weighted by molar-refractivity contribution is -0.138. The number of carbonyl (C=O) groups is 1. The van der Waals surface area contributed by atoms with Gasteiger partial charge in [-0.3, -0.25) is 0 Å². The molecule has 0 heterocycles. The largest absolute Gasteiger partial charge is 0.480 e. The van der Waals surface area contributed by atoms with Gasteiger partial charge in [-0.25, -0.2) is 4.79 Å². The Morgan fingerprint density at radius 2 is 1.43 bits per heavy atom. The van der Waals surface area contributed by atoms with Crippen molar-refractivity contribution < 1.29 is 9.90 Å². The van der Waals surface area contributed by atoms with Crippen LogP contribution in [0.15, 0.2) is 60.7 Å². The summed E-state index contributed by atoms with van der Waals surface area (Å²) in [5, 5.41) is 9.98. The summed E-state index contributed by atoms with van der Waals surface area (Å²) < 4.78 is -1.09. The Hall–Kier alpha value is -1.82. The van der Waals surface area contributed by atoms with Crippen molar-refractivity contribution in [2.24, 2.45) is 11.5 Å². The van der Waals surface area contributed by atoms with Crippen LogP contribution in [0.25, 0.3) is 0 Å². The standard InChI is InChI=1S/C17H19NO2S.CH5N/c18-12-7-13-21-17(16(19)20,14-8-3-1-4-9-14)15-10-5-2-6-11-15;1-2/h1-6,8-11H,7,12-13,18H2,(H,19,20);2H2,1H3. The van der Waals surface area contributed by atoms with Crippen LogP contribution >= 0.6 is 11.8 Å². The van der Waals surface area contributed by atoms with Crippen molar-refractivity contribution in [1.82, 2.24) is 0 Å². The molecule has 0 unspecified atom stereocenters. The molecule has 0 saturated carbocycles. The number of nitrogens with two attached hydrogens (primary N) is 2. The molecule has 4 nitrogen and oxygen atoms in total. The summed E-state index contributed by atoms with van der Waals surface area (Å²) in [5.41, 5.74) is 11.6. The van der Waals surface area contributed by atoms with Crippen molar-refractivity contribution in [2.45, 2.75) is 11.2 Å². The van der Waals surface area contributed by atoms with Gasteiger partial charge in [-0.2, -0.15) is 0 Å². The fourth-order valence-electron chi connectivity index (χ4n) is 2.30. The predicted octanol–water partition coefficient (Wildman–Crippen LogP) is 2.67. The molecule has 0 aliphatic carbocycles. The molecule has 0 amide bonds. The van der Waals surface area contributed by atoms with Crippen LogP contribution in [0.5, 0.6) is 0 Å². The maximum Gasteiger partial charge on any atom is 0.328 e. The molecule has 0 saturated heterocycles. The summed E-state index contributed by atoms with van der Waals surface area (Å²) in [6.45, 7) is 0.562. The highest BCUT2D eigenvalue weighted by Gasteiger charge is 2.42. The van der Waals surface area contributed by atoms with Crippen LogP contribution < -0.4 is 11.5 Å². The Morgan fingerprint density at radius 3 is 1.78 bits per heavy atom. The number of aliphatic carboxylic acids is 1. The molecule has 2 rings (SSSR count). The SMILES string of the molecule is CN.NCCCSC(C(=O)O)(c1ccccc1)c1ccccc1. The van der Waals surface area contributed by atoms with Gasteiger partial charge in [-0.15, -0.1) is 11.8 Å². The van der Waals surface area contributed by atoms with Crippen molar-refractivity contribution in [3.8, 4) is 0 Å². The van der Waals surface area contributed by atoms with E-state index in [1.807, 2.05) is 60.7 Å². The molecule has 0 atom stereocenters. The lowest BCUT2D eigenvalue weighted by Crippen LogP contribution is -2.34. The molecule has 0 aliphatic rings. The first-order chi connectivity index (χ1) is 11.2. The van der Waals surface area contributed by atoms with Gasteiger partial charge in [0.2, 0.25) is 0 Å². The highest BCUT2D eigenvalue weighted by Crippen LogP contribution is 2.43. The zero-order valence-corrected chi connectivity index (χ0v) is 14.1. The highest BCUT2D eigenvalue weighted by molar-refractivity contribution is 8.01. The smallest absolute Gasteiger partial charge is 0.328 e. The summed E-state index contributed by atoms with van der Waals surface area (Å²) in [6, 6.07) is 18.8. The van der Waals surface area contributed by atoms with Gasteiger partial charge in [0.25, 0.3) is 0 Å². The van der Waals surface area contributed by atoms with Crippen molar-refractivity contribution in [3.05, 3.63) is 71.8 Å². The van der Waals surface area contributed by atoms with E-state index in [0.29, 0.717) is 12.3 Å². The summed E-state index contributed by atoms with van der Waals surface area (Å²) in [4.78, 5) is 12.2. The van der Waals surface area contributed by atoms with Gasteiger partial charge in [0.15, 0.2) is 4.75 Å². The van der Waals surface area contributed by atoms with Crippen molar-refractivity contribution >= 4 is 17.7 Å².